The van der Waals surface area contributed by atoms with Crippen LogP contribution in [0.4, 0.5) is 0 Å². The highest BCUT2D eigenvalue weighted by Crippen LogP contribution is 2.36. The minimum absolute atomic E-state index is 0.210. The molecule has 1 aliphatic carbocycles. The normalized spacial score (nSPS) is 23.3. The fourth-order valence-electron chi connectivity index (χ4n) is 3.90. The topological polar surface area (TPSA) is 68.1 Å². The van der Waals surface area contributed by atoms with Gasteiger partial charge in [-0.2, -0.15) is 4.31 Å². The maximum atomic E-state index is 12.6. The van der Waals surface area contributed by atoms with E-state index < -0.39 is 10.0 Å². The highest BCUT2D eigenvalue weighted by atomic mass is 32.2. The van der Waals surface area contributed by atoms with E-state index in [2.05, 4.69) is 21.7 Å². The van der Waals surface area contributed by atoms with Crippen LogP contribution in [0.3, 0.4) is 0 Å². The molecule has 1 aromatic heterocycles. The summed E-state index contributed by atoms with van der Waals surface area (Å²) in [5.74, 6) is 2.65. The van der Waals surface area contributed by atoms with Crippen molar-refractivity contribution in [3.05, 3.63) is 11.6 Å². The van der Waals surface area contributed by atoms with Gasteiger partial charge in [0.25, 0.3) is 0 Å². The summed E-state index contributed by atoms with van der Waals surface area (Å²) >= 11 is 0. The van der Waals surface area contributed by atoms with Gasteiger partial charge in [0.05, 0.1) is 11.8 Å². The molecule has 0 spiro atoms. The largest absolute Gasteiger partial charge is 0.312 e. The molecule has 1 aromatic rings. The van der Waals surface area contributed by atoms with Gasteiger partial charge in [0, 0.05) is 19.0 Å². The molecule has 0 amide bonds. The molecule has 1 atom stereocenters. The predicted octanol–water partition coefficient (Wildman–Crippen LogP) is 2.83. The Morgan fingerprint density at radius 2 is 1.78 bits per heavy atom. The molecule has 6 nitrogen and oxygen atoms in total. The first-order valence-electron chi connectivity index (χ1n) is 8.97. The molecule has 2 heterocycles. The molecule has 1 unspecified atom stereocenters. The minimum Gasteiger partial charge on any atom is -0.312 e. The number of rotatable bonds is 6. The summed E-state index contributed by atoms with van der Waals surface area (Å²) in [6.07, 6.45) is 7.63. The Kier molecular flexibility index (Phi) is 5.06. The summed E-state index contributed by atoms with van der Waals surface area (Å²) in [4.78, 5) is 0. The van der Waals surface area contributed by atoms with Gasteiger partial charge >= 0.3 is 0 Å². The lowest BCUT2D eigenvalue weighted by Crippen LogP contribution is -2.42. The monoisotopic (exact) mass is 340 g/mol. The van der Waals surface area contributed by atoms with Crippen molar-refractivity contribution in [3.8, 4) is 0 Å². The van der Waals surface area contributed by atoms with Crippen LogP contribution in [0.1, 0.15) is 82.4 Å². The Balaban J connectivity index is 1.77. The van der Waals surface area contributed by atoms with Crippen LogP contribution in [-0.4, -0.2) is 39.8 Å². The molecular weight excluding hydrogens is 312 g/mol. The molecular formula is C16H28N4O2S. The summed E-state index contributed by atoms with van der Waals surface area (Å²) in [7, 11) is -3.21. The van der Waals surface area contributed by atoms with Crippen molar-refractivity contribution in [1.29, 1.82) is 0 Å². The molecule has 0 radical (unpaired) electrons. The Morgan fingerprint density at radius 3 is 2.48 bits per heavy atom. The van der Waals surface area contributed by atoms with Gasteiger partial charge in [-0.3, -0.25) is 0 Å². The lowest BCUT2D eigenvalue weighted by molar-refractivity contribution is 0.271. The predicted molar refractivity (Wildman–Crippen MR) is 89.7 cm³/mol. The molecule has 7 heteroatoms. The number of hydrogen-bond acceptors (Lipinski definition) is 4. The maximum absolute atomic E-state index is 12.6. The third kappa shape index (κ3) is 3.31. The van der Waals surface area contributed by atoms with Gasteiger partial charge in [-0.25, -0.2) is 8.42 Å². The first kappa shape index (κ1) is 16.9. The molecule has 0 N–H and O–H groups in total. The number of sulfonamides is 1. The number of aromatic nitrogens is 3. The second-order valence-corrected chi connectivity index (χ2v) is 8.90. The fourth-order valence-corrected chi connectivity index (χ4v) is 5.64. The highest BCUT2D eigenvalue weighted by Gasteiger charge is 2.36. The molecule has 1 aliphatic heterocycles. The number of fused-ring (bicyclic) bond motifs is 1. The minimum atomic E-state index is -3.21. The van der Waals surface area contributed by atoms with Gasteiger partial charge in [-0.15, -0.1) is 10.2 Å². The zero-order chi connectivity index (χ0) is 16.4. The van der Waals surface area contributed by atoms with Crippen LogP contribution in [0, 0.1) is 0 Å². The van der Waals surface area contributed by atoms with Crippen LogP contribution < -0.4 is 0 Å². The first-order chi connectivity index (χ1) is 11.0. The van der Waals surface area contributed by atoms with E-state index in [0.717, 1.165) is 30.9 Å². The smallest absolute Gasteiger partial charge is 0.214 e. The number of hydrogen-bond donors (Lipinski definition) is 0. The number of unbranched alkanes of at least 4 members (excludes halogenated alkanes) is 2. The average Bonchev–Trinajstić information content (AvgIpc) is 3.16. The second kappa shape index (κ2) is 6.89. The van der Waals surface area contributed by atoms with Crippen molar-refractivity contribution in [3.63, 3.8) is 0 Å². The van der Waals surface area contributed by atoms with Crippen molar-refractivity contribution < 1.29 is 8.42 Å². The van der Waals surface area contributed by atoms with Crippen LogP contribution in [0.25, 0.3) is 0 Å². The molecule has 1 saturated carbocycles. The Labute approximate surface area is 139 Å². The van der Waals surface area contributed by atoms with Crippen LogP contribution >= 0.6 is 0 Å². The summed E-state index contributed by atoms with van der Waals surface area (Å²) in [5.41, 5.74) is 0. The van der Waals surface area contributed by atoms with E-state index in [9.17, 15) is 8.42 Å². The Hall–Kier alpha value is -0.950. The summed E-state index contributed by atoms with van der Waals surface area (Å²) in [6.45, 7) is 5.25. The SMILES string of the molecule is CCCCCS(=O)(=O)N1CCn2c(C3CCCC3)nnc2C1C. The molecule has 2 aliphatic rings. The fraction of sp³-hybridized carbons (Fsp3) is 0.875. The summed E-state index contributed by atoms with van der Waals surface area (Å²) in [6, 6.07) is -0.210. The van der Waals surface area contributed by atoms with E-state index in [1.807, 2.05) is 6.92 Å². The molecule has 0 saturated heterocycles. The zero-order valence-electron chi connectivity index (χ0n) is 14.2. The zero-order valence-corrected chi connectivity index (χ0v) is 15.1. The first-order valence-corrected chi connectivity index (χ1v) is 10.6. The Morgan fingerprint density at radius 1 is 1.09 bits per heavy atom. The van der Waals surface area contributed by atoms with Crippen LogP contribution in [0.5, 0.6) is 0 Å². The van der Waals surface area contributed by atoms with Crippen LogP contribution in [0.2, 0.25) is 0 Å². The molecule has 23 heavy (non-hydrogen) atoms. The van der Waals surface area contributed by atoms with Crippen LogP contribution in [-0.2, 0) is 16.6 Å². The summed E-state index contributed by atoms with van der Waals surface area (Å²) in [5, 5.41) is 8.76. The average molecular weight is 340 g/mol. The molecule has 0 aromatic carbocycles. The van der Waals surface area contributed by atoms with Gasteiger partial charge in [0.1, 0.15) is 5.82 Å². The second-order valence-electron chi connectivity index (χ2n) is 6.86. The quantitative estimate of drug-likeness (QED) is 0.747. The third-order valence-electron chi connectivity index (χ3n) is 5.24. The molecule has 3 rings (SSSR count). The van der Waals surface area contributed by atoms with E-state index in [4.69, 9.17) is 0 Å². The molecule has 0 bridgehead atoms. The van der Waals surface area contributed by atoms with E-state index in [1.165, 1.54) is 25.7 Å². The van der Waals surface area contributed by atoms with E-state index in [1.54, 1.807) is 4.31 Å². The molecule has 1 fully saturated rings. The van der Waals surface area contributed by atoms with Crippen LogP contribution in [0.15, 0.2) is 0 Å². The molecule has 130 valence electrons. The van der Waals surface area contributed by atoms with Crippen molar-refractivity contribution in [1.82, 2.24) is 19.1 Å². The lowest BCUT2D eigenvalue weighted by Gasteiger charge is -2.33. The van der Waals surface area contributed by atoms with Gasteiger partial charge in [-0.05, 0) is 26.2 Å². The van der Waals surface area contributed by atoms with Gasteiger partial charge in [0.15, 0.2) is 5.82 Å². The van der Waals surface area contributed by atoms with E-state index >= 15 is 0 Å². The van der Waals surface area contributed by atoms with Crippen molar-refractivity contribution in [2.45, 2.75) is 77.3 Å². The summed E-state index contributed by atoms with van der Waals surface area (Å²) < 4.78 is 29.0. The highest BCUT2D eigenvalue weighted by molar-refractivity contribution is 7.89. The van der Waals surface area contributed by atoms with Crippen molar-refractivity contribution >= 4 is 10.0 Å². The standard InChI is InChI=1S/C16H28N4O2S/c1-3-4-7-12-23(21,22)20-11-10-19-15(13(20)2)17-18-16(19)14-8-5-6-9-14/h13-14H,3-12H2,1-2H3. The van der Waals surface area contributed by atoms with Gasteiger partial charge in [-0.1, -0.05) is 32.6 Å². The van der Waals surface area contributed by atoms with E-state index in [0.29, 0.717) is 19.0 Å². The Bertz CT molecular complexity index is 635. The van der Waals surface area contributed by atoms with Crippen molar-refractivity contribution in [2.75, 3.05) is 12.3 Å². The van der Waals surface area contributed by atoms with E-state index in [-0.39, 0.29) is 11.8 Å². The lowest BCUT2D eigenvalue weighted by atomic mass is 10.1. The third-order valence-corrected chi connectivity index (χ3v) is 7.26. The van der Waals surface area contributed by atoms with Crippen molar-refractivity contribution in [2.24, 2.45) is 0 Å². The van der Waals surface area contributed by atoms with Gasteiger partial charge in [0.2, 0.25) is 10.0 Å². The maximum Gasteiger partial charge on any atom is 0.214 e. The van der Waals surface area contributed by atoms with Gasteiger partial charge < -0.3 is 4.57 Å². The number of nitrogens with zero attached hydrogens (tertiary/aromatic N) is 4.